The summed E-state index contributed by atoms with van der Waals surface area (Å²) >= 11 is 11.5. The van der Waals surface area contributed by atoms with Crippen LogP contribution in [0, 0.1) is 23.2 Å². The van der Waals surface area contributed by atoms with Crippen molar-refractivity contribution in [3.8, 4) is 0 Å². The number of fused-ring (bicyclic) bond motifs is 1. The first-order valence-electron chi connectivity index (χ1n) is 8.91. The average molecular weight is 363 g/mol. The van der Waals surface area contributed by atoms with Crippen molar-refractivity contribution >= 4 is 40.5 Å². The lowest BCUT2D eigenvalue weighted by Gasteiger charge is -2.44. The fraction of sp³-hybridized carbons (Fsp3) is 0.579. The third kappa shape index (κ3) is 3.06. The van der Waals surface area contributed by atoms with Gasteiger partial charge in [0.25, 0.3) is 0 Å². The second-order valence-electron chi connectivity index (χ2n) is 7.92. The first-order chi connectivity index (χ1) is 11.5. The monoisotopic (exact) mass is 362 g/mol. The van der Waals surface area contributed by atoms with Crippen LogP contribution in [0.25, 0.3) is 0 Å². The molecule has 5 rings (SSSR count). The van der Waals surface area contributed by atoms with Crippen LogP contribution in [0.1, 0.15) is 44.9 Å². The number of anilines is 1. The highest BCUT2D eigenvalue weighted by Crippen LogP contribution is 2.57. The highest BCUT2D eigenvalue weighted by molar-refractivity contribution is 7.80. The maximum atomic E-state index is 13.1. The van der Waals surface area contributed by atoms with E-state index in [1.807, 2.05) is 18.2 Å². The predicted molar refractivity (Wildman–Crippen MR) is 101 cm³/mol. The summed E-state index contributed by atoms with van der Waals surface area (Å²) < 4.78 is 0. The summed E-state index contributed by atoms with van der Waals surface area (Å²) in [6.07, 6.45) is 8.28. The minimum absolute atomic E-state index is 0.115. The predicted octanol–water partition coefficient (Wildman–Crippen LogP) is 4.76. The molecule has 0 spiro atoms. The van der Waals surface area contributed by atoms with Gasteiger partial charge in [-0.25, -0.2) is 0 Å². The van der Waals surface area contributed by atoms with Crippen molar-refractivity contribution < 1.29 is 4.79 Å². The van der Waals surface area contributed by atoms with Crippen LogP contribution in [0.5, 0.6) is 0 Å². The molecule has 0 saturated heterocycles. The van der Waals surface area contributed by atoms with E-state index < -0.39 is 0 Å². The lowest BCUT2D eigenvalue weighted by atomic mass is 9.61. The van der Waals surface area contributed by atoms with Gasteiger partial charge in [-0.1, -0.05) is 23.7 Å². The molecule has 0 unspecified atom stereocenters. The van der Waals surface area contributed by atoms with Crippen LogP contribution in [-0.4, -0.2) is 11.0 Å². The molecule has 2 atom stereocenters. The molecule has 0 radical (unpaired) electrons. The van der Waals surface area contributed by atoms with E-state index in [0.29, 0.717) is 10.1 Å². The first-order valence-corrected chi connectivity index (χ1v) is 9.70. The Labute approximate surface area is 153 Å². The molecular formula is C19H23ClN2OS. The molecule has 4 fully saturated rings. The van der Waals surface area contributed by atoms with E-state index in [9.17, 15) is 4.79 Å². The van der Waals surface area contributed by atoms with Crippen molar-refractivity contribution in [1.29, 1.82) is 0 Å². The number of carbonyl (C=O) groups excluding carboxylic acids is 1. The molecule has 0 heterocycles. The topological polar surface area (TPSA) is 41.1 Å². The van der Waals surface area contributed by atoms with Gasteiger partial charge in [0.1, 0.15) is 0 Å². The molecule has 4 bridgehead atoms. The molecule has 5 heteroatoms. The van der Waals surface area contributed by atoms with Crippen LogP contribution in [-0.2, 0) is 4.79 Å². The molecule has 2 N–H and O–H groups in total. The SMILES string of the molecule is O=C(NC(=S)Nc1ccccc1Cl)C12CCC3C[C@@H](C[C@H](C3)C1)C2. The number of benzene rings is 1. The molecule has 0 aromatic heterocycles. The highest BCUT2D eigenvalue weighted by Gasteiger charge is 2.51. The second kappa shape index (κ2) is 6.30. The van der Waals surface area contributed by atoms with Gasteiger partial charge in [-0.15, -0.1) is 0 Å². The zero-order valence-corrected chi connectivity index (χ0v) is 15.3. The zero-order chi connectivity index (χ0) is 16.7. The van der Waals surface area contributed by atoms with Crippen molar-refractivity contribution in [1.82, 2.24) is 5.32 Å². The number of para-hydroxylation sites is 1. The molecule has 0 aliphatic heterocycles. The molecule has 1 aromatic rings. The van der Waals surface area contributed by atoms with Crippen LogP contribution in [0.4, 0.5) is 5.69 Å². The van der Waals surface area contributed by atoms with Gasteiger partial charge in [0.15, 0.2) is 5.11 Å². The number of hydrogen-bond acceptors (Lipinski definition) is 2. The standard InChI is InChI=1S/C19H23ClN2OS/c20-15-3-1-2-4-16(15)21-18(24)22-17(23)19-6-5-12-7-13(10-19)9-14(8-12)11-19/h1-4,12-14H,5-11H2,(H2,21,22,23,24)/t12?,13-,14-,19?/m0/s1. The molecule has 24 heavy (non-hydrogen) atoms. The minimum atomic E-state index is -0.203. The van der Waals surface area contributed by atoms with Gasteiger partial charge in [-0.3, -0.25) is 4.79 Å². The third-order valence-corrected chi connectivity index (χ3v) is 6.75. The van der Waals surface area contributed by atoms with Gasteiger partial charge in [-0.2, -0.15) is 0 Å². The van der Waals surface area contributed by atoms with Crippen molar-refractivity contribution in [2.75, 3.05) is 5.32 Å². The molecule has 1 amide bonds. The number of nitrogens with one attached hydrogen (secondary N) is 2. The number of halogens is 1. The summed E-state index contributed by atoms with van der Waals surface area (Å²) in [5.41, 5.74) is 0.525. The van der Waals surface area contributed by atoms with E-state index in [4.69, 9.17) is 23.8 Å². The van der Waals surface area contributed by atoms with Gasteiger partial charge < -0.3 is 10.6 Å². The van der Waals surface area contributed by atoms with Gasteiger partial charge in [0.2, 0.25) is 5.91 Å². The van der Waals surface area contributed by atoms with Crippen LogP contribution >= 0.6 is 23.8 Å². The molecule has 4 saturated carbocycles. The third-order valence-electron chi connectivity index (χ3n) is 6.22. The quantitative estimate of drug-likeness (QED) is 0.745. The van der Waals surface area contributed by atoms with Crippen LogP contribution in [0.15, 0.2) is 24.3 Å². The molecule has 3 nitrogen and oxygen atoms in total. The van der Waals surface area contributed by atoms with Gasteiger partial charge in [0, 0.05) is 0 Å². The average Bonchev–Trinajstić information content (AvgIpc) is 2.74. The van der Waals surface area contributed by atoms with E-state index in [2.05, 4.69) is 10.6 Å². The lowest BCUT2D eigenvalue weighted by molar-refractivity contribution is -0.134. The van der Waals surface area contributed by atoms with E-state index in [1.54, 1.807) is 6.07 Å². The van der Waals surface area contributed by atoms with Crippen LogP contribution < -0.4 is 10.6 Å². The molecule has 1 aromatic carbocycles. The maximum absolute atomic E-state index is 13.1. The van der Waals surface area contributed by atoms with E-state index in [0.717, 1.165) is 42.7 Å². The van der Waals surface area contributed by atoms with Crippen molar-refractivity contribution in [2.45, 2.75) is 44.9 Å². The Kier molecular flexibility index (Phi) is 4.29. The van der Waals surface area contributed by atoms with Crippen molar-refractivity contribution in [3.05, 3.63) is 29.3 Å². The fourth-order valence-corrected chi connectivity index (χ4v) is 5.78. The number of rotatable bonds is 2. The minimum Gasteiger partial charge on any atom is -0.331 e. The Morgan fingerprint density at radius 1 is 1.12 bits per heavy atom. The Morgan fingerprint density at radius 2 is 1.79 bits per heavy atom. The molecule has 128 valence electrons. The number of hydrogen-bond donors (Lipinski definition) is 2. The zero-order valence-electron chi connectivity index (χ0n) is 13.7. The largest absolute Gasteiger partial charge is 0.331 e. The normalized spacial score (nSPS) is 33.8. The summed E-state index contributed by atoms with van der Waals surface area (Å²) in [6, 6.07) is 7.42. The lowest BCUT2D eigenvalue weighted by Crippen LogP contribution is -2.48. The van der Waals surface area contributed by atoms with E-state index in [-0.39, 0.29) is 11.3 Å². The van der Waals surface area contributed by atoms with Gasteiger partial charge in [-0.05, 0) is 87.1 Å². The van der Waals surface area contributed by atoms with Crippen molar-refractivity contribution in [2.24, 2.45) is 23.2 Å². The molecule has 4 aliphatic rings. The summed E-state index contributed by atoms with van der Waals surface area (Å²) in [5, 5.41) is 6.96. The molecular weight excluding hydrogens is 340 g/mol. The van der Waals surface area contributed by atoms with Gasteiger partial charge >= 0.3 is 0 Å². The highest BCUT2D eigenvalue weighted by atomic mass is 35.5. The Balaban J connectivity index is 1.46. The van der Waals surface area contributed by atoms with Crippen LogP contribution in [0.3, 0.4) is 0 Å². The summed E-state index contributed by atoms with van der Waals surface area (Å²) in [4.78, 5) is 13.1. The number of carbonyl (C=O) groups is 1. The maximum Gasteiger partial charge on any atom is 0.232 e. The number of amides is 1. The van der Waals surface area contributed by atoms with E-state index >= 15 is 0 Å². The Hall–Kier alpha value is -1.13. The Morgan fingerprint density at radius 3 is 2.50 bits per heavy atom. The van der Waals surface area contributed by atoms with Crippen molar-refractivity contribution in [3.63, 3.8) is 0 Å². The smallest absolute Gasteiger partial charge is 0.232 e. The van der Waals surface area contributed by atoms with E-state index in [1.165, 1.54) is 25.7 Å². The van der Waals surface area contributed by atoms with Crippen LogP contribution in [0.2, 0.25) is 5.02 Å². The van der Waals surface area contributed by atoms with Gasteiger partial charge in [0.05, 0.1) is 16.1 Å². The number of thiocarbonyl (C=S) groups is 1. The molecule has 4 aliphatic carbocycles. The first kappa shape index (κ1) is 16.3. The summed E-state index contributed by atoms with van der Waals surface area (Å²) in [6.45, 7) is 0. The summed E-state index contributed by atoms with van der Waals surface area (Å²) in [7, 11) is 0. The summed E-state index contributed by atoms with van der Waals surface area (Å²) in [5.74, 6) is 2.44. The fourth-order valence-electron chi connectivity index (χ4n) is 5.40. The Bertz CT molecular complexity index is 663. The second-order valence-corrected chi connectivity index (χ2v) is 8.74.